The molecule has 0 radical (unpaired) electrons. The van der Waals surface area contributed by atoms with Crippen LogP contribution in [0.5, 0.6) is 0 Å². The van der Waals surface area contributed by atoms with Crippen LogP contribution in [0.1, 0.15) is 64.0 Å². The van der Waals surface area contributed by atoms with E-state index in [1.165, 1.54) is 0 Å². The van der Waals surface area contributed by atoms with Crippen LogP contribution in [0.3, 0.4) is 0 Å². The van der Waals surface area contributed by atoms with Gasteiger partial charge in [0.1, 0.15) is 5.69 Å². The minimum Gasteiger partial charge on any atom is -0.397 e. The summed E-state index contributed by atoms with van der Waals surface area (Å²) in [5, 5.41) is 3.07. The lowest BCUT2D eigenvalue weighted by Crippen LogP contribution is -2.43. The summed E-state index contributed by atoms with van der Waals surface area (Å²) in [6.45, 7) is 10.3. The average Bonchev–Trinajstić information content (AvgIpc) is 2.59. The van der Waals surface area contributed by atoms with Gasteiger partial charge in [0, 0.05) is 17.8 Å². The number of rotatable bonds is 5. The molecule has 0 atom stereocenters. The number of carbonyl (C=O) groups excluding carboxylic acids is 1. The molecule has 0 saturated heterocycles. The van der Waals surface area contributed by atoms with Gasteiger partial charge in [-0.05, 0) is 40.2 Å². The first-order chi connectivity index (χ1) is 8.26. The highest BCUT2D eigenvalue weighted by Crippen LogP contribution is 2.18. The second-order valence-electron chi connectivity index (χ2n) is 5.75. The summed E-state index contributed by atoms with van der Waals surface area (Å²) >= 11 is 0. The van der Waals surface area contributed by atoms with Gasteiger partial charge in [-0.15, -0.1) is 0 Å². The number of hydrogen-bond acceptors (Lipinski definition) is 2. The van der Waals surface area contributed by atoms with Gasteiger partial charge >= 0.3 is 0 Å². The normalized spacial score (nSPS) is 11.9. The van der Waals surface area contributed by atoms with Crippen LogP contribution >= 0.6 is 0 Å². The number of aromatic nitrogens is 1. The van der Waals surface area contributed by atoms with Crippen LogP contribution in [-0.4, -0.2) is 16.0 Å². The van der Waals surface area contributed by atoms with Gasteiger partial charge in [0.25, 0.3) is 5.91 Å². The molecule has 0 spiro atoms. The molecule has 0 bridgehead atoms. The Morgan fingerprint density at radius 3 is 2.61 bits per heavy atom. The van der Waals surface area contributed by atoms with E-state index in [1.807, 2.05) is 38.5 Å². The van der Waals surface area contributed by atoms with Crippen molar-refractivity contribution >= 4 is 11.6 Å². The van der Waals surface area contributed by atoms with E-state index in [1.54, 1.807) is 6.07 Å². The minimum absolute atomic E-state index is 0.0566. The van der Waals surface area contributed by atoms with Crippen molar-refractivity contribution in [1.82, 2.24) is 9.88 Å². The van der Waals surface area contributed by atoms with E-state index in [2.05, 4.69) is 12.2 Å². The van der Waals surface area contributed by atoms with E-state index in [4.69, 9.17) is 5.73 Å². The largest absolute Gasteiger partial charge is 0.397 e. The predicted molar refractivity (Wildman–Crippen MR) is 75.7 cm³/mol. The molecule has 1 amide bonds. The molecule has 4 nitrogen and oxygen atoms in total. The molecular formula is C14H25N3O. The van der Waals surface area contributed by atoms with Gasteiger partial charge in [0.2, 0.25) is 0 Å². The molecule has 1 aromatic heterocycles. The minimum atomic E-state index is -0.188. The van der Waals surface area contributed by atoms with Crippen LogP contribution in [0, 0.1) is 0 Å². The lowest BCUT2D eigenvalue weighted by molar-refractivity contribution is 0.0898. The summed E-state index contributed by atoms with van der Waals surface area (Å²) in [6.07, 6.45) is 3.81. The molecule has 0 aliphatic rings. The fraction of sp³-hybridized carbons (Fsp3) is 0.643. The number of amides is 1. The van der Waals surface area contributed by atoms with Crippen molar-refractivity contribution in [1.29, 1.82) is 0 Å². The maximum absolute atomic E-state index is 12.3. The van der Waals surface area contributed by atoms with E-state index >= 15 is 0 Å². The molecule has 0 saturated carbocycles. The molecule has 4 heteroatoms. The van der Waals surface area contributed by atoms with Gasteiger partial charge in [-0.2, -0.15) is 0 Å². The maximum Gasteiger partial charge on any atom is 0.268 e. The third-order valence-electron chi connectivity index (χ3n) is 2.99. The van der Waals surface area contributed by atoms with Gasteiger partial charge in [-0.1, -0.05) is 13.3 Å². The van der Waals surface area contributed by atoms with Gasteiger partial charge in [-0.3, -0.25) is 4.79 Å². The van der Waals surface area contributed by atoms with E-state index in [-0.39, 0.29) is 17.5 Å². The van der Waals surface area contributed by atoms with E-state index in [9.17, 15) is 4.79 Å². The van der Waals surface area contributed by atoms with Gasteiger partial charge in [0.05, 0.1) is 5.69 Å². The Kier molecular flexibility index (Phi) is 4.43. The fourth-order valence-corrected chi connectivity index (χ4v) is 2.17. The van der Waals surface area contributed by atoms with Crippen LogP contribution in [0.2, 0.25) is 0 Å². The monoisotopic (exact) mass is 251 g/mol. The Labute approximate surface area is 110 Å². The molecule has 0 unspecified atom stereocenters. The molecule has 0 aliphatic heterocycles. The molecule has 1 rings (SSSR count). The Balaban J connectivity index is 2.91. The van der Waals surface area contributed by atoms with Crippen molar-refractivity contribution in [3.63, 3.8) is 0 Å². The lowest BCUT2D eigenvalue weighted by Gasteiger charge is -2.26. The molecule has 0 aliphatic carbocycles. The van der Waals surface area contributed by atoms with Crippen molar-refractivity contribution in [2.45, 2.75) is 59.0 Å². The van der Waals surface area contributed by atoms with Crippen molar-refractivity contribution in [3.05, 3.63) is 18.0 Å². The molecule has 1 aromatic rings. The number of anilines is 1. The number of nitrogen functional groups attached to an aromatic ring is 1. The summed E-state index contributed by atoms with van der Waals surface area (Å²) in [4.78, 5) is 12.3. The fourth-order valence-electron chi connectivity index (χ4n) is 2.17. The molecule has 18 heavy (non-hydrogen) atoms. The van der Waals surface area contributed by atoms with Crippen molar-refractivity contribution in [3.8, 4) is 0 Å². The quantitative estimate of drug-likeness (QED) is 0.845. The number of carbonyl (C=O) groups is 1. The van der Waals surface area contributed by atoms with Crippen LogP contribution in [0.4, 0.5) is 5.69 Å². The third kappa shape index (κ3) is 3.52. The molecular weight excluding hydrogens is 226 g/mol. The Hall–Kier alpha value is -1.45. The van der Waals surface area contributed by atoms with Crippen LogP contribution in [0.25, 0.3) is 0 Å². The number of hydrogen-bond donors (Lipinski definition) is 2. The maximum atomic E-state index is 12.3. The van der Waals surface area contributed by atoms with Crippen LogP contribution in [0.15, 0.2) is 12.3 Å². The van der Waals surface area contributed by atoms with E-state index in [0.29, 0.717) is 11.4 Å². The number of nitrogens with two attached hydrogens (primary N) is 1. The molecule has 0 fully saturated rings. The smallest absolute Gasteiger partial charge is 0.268 e. The van der Waals surface area contributed by atoms with Crippen molar-refractivity contribution < 1.29 is 4.79 Å². The zero-order valence-electron chi connectivity index (χ0n) is 12.1. The second-order valence-corrected chi connectivity index (χ2v) is 5.75. The number of nitrogens with one attached hydrogen (secondary N) is 1. The Morgan fingerprint density at radius 2 is 2.11 bits per heavy atom. The van der Waals surface area contributed by atoms with Crippen LogP contribution < -0.4 is 11.1 Å². The van der Waals surface area contributed by atoms with E-state index < -0.39 is 0 Å². The number of nitrogens with zero attached hydrogens (tertiary/aromatic N) is 1. The van der Waals surface area contributed by atoms with Crippen molar-refractivity contribution in [2.24, 2.45) is 0 Å². The molecule has 1 heterocycles. The van der Waals surface area contributed by atoms with Crippen molar-refractivity contribution in [2.75, 3.05) is 5.73 Å². The Bertz CT molecular complexity index is 419. The highest BCUT2D eigenvalue weighted by molar-refractivity contribution is 5.94. The molecule has 3 N–H and O–H groups in total. The summed E-state index contributed by atoms with van der Waals surface area (Å²) < 4.78 is 1.91. The van der Waals surface area contributed by atoms with E-state index in [0.717, 1.165) is 12.8 Å². The summed E-state index contributed by atoms with van der Waals surface area (Å²) in [7, 11) is 0. The summed E-state index contributed by atoms with van der Waals surface area (Å²) in [6, 6.07) is 1.95. The standard InChI is InChI=1S/C14H25N3O/c1-6-7-14(4,5)16-13(18)12-8-11(15)9-17(12)10(2)3/h8-10H,6-7,15H2,1-5H3,(H,16,18). The predicted octanol–water partition coefficient (Wildman–Crippen LogP) is 2.96. The highest BCUT2D eigenvalue weighted by atomic mass is 16.2. The first-order valence-corrected chi connectivity index (χ1v) is 6.56. The van der Waals surface area contributed by atoms with Gasteiger partial charge in [-0.25, -0.2) is 0 Å². The third-order valence-corrected chi connectivity index (χ3v) is 2.99. The second kappa shape index (κ2) is 5.46. The average molecular weight is 251 g/mol. The topological polar surface area (TPSA) is 60.1 Å². The molecule has 0 aromatic carbocycles. The first kappa shape index (κ1) is 14.6. The SMILES string of the molecule is CCCC(C)(C)NC(=O)c1cc(N)cn1C(C)C. The lowest BCUT2D eigenvalue weighted by atomic mass is 9.99. The van der Waals surface area contributed by atoms with Crippen LogP contribution in [-0.2, 0) is 0 Å². The summed E-state index contributed by atoms with van der Waals surface area (Å²) in [5.74, 6) is -0.0566. The van der Waals surface area contributed by atoms with Gasteiger partial charge in [0.15, 0.2) is 0 Å². The summed E-state index contributed by atoms with van der Waals surface area (Å²) in [5.41, 5.74) is 6.85. The highest BCUT2D eigenvalue weighted by Gasteiger charge is 2.22. The zero-order valence-corrected chi connectivity index (χ0v) is 12.1. The Morgan fingerprint density at radius 1 is 1.50 bits per heavy atom. The van der Waals surface area contributed by atoms with Gasteiger partial charge < -0.3 is 15.6 Å². The molecule has 102 valence electrons. The first-order valence-electron chi connectivity index (χ1n) is 6.56. The zero-order chi connectivity index (χ0) is 13.9.